The highest BCUT2D eigenvalue weighted by molar-refractivity contribution is 7.89. The molecule has 2 aromatic carbocycles. The van der Waals surface area contributed by atoms with Crippen LogP contribution in [0.25, 0.3) is 0 Å². The smallest absolute Gasteiger partial charge is 0.303 e. The molecule has 54 heavy (non-hydrogen) atoms. The van der Waals surface area contributed by atoms with Gasteiger partial charge >= 0.3 is 5.97 Å². The SMILES string of the molecule is CC1(C)C(/C=C2/C(=O)C(/C=C3/N(CCCCCC(=O)O)c4ccc(S(=O)(=O)[O-])cc4C3(C)C)=C2[O-])=[N+](CC(=O)NS(C)(=O)=O)c2ccc(S(=O)(=O)[O-])cc21. The molecule has 0 spiro atoms. The van der Waals surface area contributed by atoms with Crippen molar-refractivity contribution in [3.8, 4) is 0 Å². The predicted octanol–water partition coefficient (Wildman–Crippen LogP) is 1.40. The Morgan fingerprint density at radius 2 is 1.46 bits per heavy atom. The van der Waals surface area contributed by atoms with Gasteiger partial charge in [0, 0.05) is 58.6 Å². The highest BCUT2D eigenvalue weighted by Gasteiger charge is 2.47. The lowest BCUT2D eigenvalue weighted by Crippen LogP contribution is -2.38. The number of Topliss-reactive ketones (excluding diaryl/α,β-unsaturated/α-hetero) is 1. The highest BCUT2D eigenvalue weighted by Crippen LogP contribution is 2.50. The number of anilines is 1. The fourth-order valence-corrected chi connectivity index (χ4v) is 8.50. The summed E-state index contributed by atoms with van der Waals surface area (Å²) in [5.74, 6) is -3.29. The molecule has 0 saturated carbocycles. The summed E-state index contributed by atoms with van der Waals surface area (Å²) in [6.45, 7) is 6.37. The fraction of sp³-hybridized carbons (Fsp3) is 0.371. The molecule has 1 amide bonds. The number of allylic oxidation sites excluding steroid dienone is 5. The maximum atomic E-state index is 13.8. The standard InChI is InChI=1S/C35H39N3O13S3/c1-34(2)24-15-20(53(46,47)48)10-12-26(24)37(14-8-6-7-9-31(40)41)28(34)17-22-32(42)23(33(22)43)18-29-35(3,4)25-16-21(54(49,50)51)11-13-27(25)38(29)19-30(39)36-52(5,44)45/h10-13,15-18H,6-9,14,19H2,1-5H3,(H4-,36,39,40,41,42,43,46,47,48,49,50,51)/p-2. The molecule has 5 rings (SSSR count). The molecule has 0 unspecified atom stereocenters. The van der Waals surface area contributed by atoms with Crippen LogP contribution in [0.1, 0.15) is 64.5 Å². The highest BCUT2D eigenvalue weighted by atomic mass is 32.2. The molecule has 0 saturated heterocycles. The van der Waals surface area contributed by atoms with E-state index in [1.54, 1.807) is 32.6 Å². The lowest BCUT2D eigenvalue weighted by molar-refractivity contribution is -0.425. The van der Waals surface area contributed by atoms with Gasteiger partial charge in [0.15, 0.2) is 11.5 Å². The fourth-order valence-electron chi connectivity index (χ4n) is 7.03. The van der Waals surface area contributed by atoms with Crippen molar-refractivity contribution in [2.45, 2.75) is 74.0 Å². The van der Waals surface area contributed by atoms with Crippen LogP contribution in [0.3, 0.4) is 0 Å². The van der Waals surface area contributed by atoms with Crippen molar-refractivity contribution in [3.63, 3.8) is 0 Å². The van der Waals surface area contributed by atoms with Crippen molar-refractivity contribution in [1.82, 2.24) is 4.72 Å². The van der Waals surface area contributed by atoms with Gasteiger partial charge in [-0.2, -0.15) is 4.58 Å². The van der Waals surface area contributed by atoms with Gasteiger partial charge in [0.05, 0.1) is 21.5 Å². The van der Waals surface area contributed by atoms with Gasteiger partial charge < -0.3 is 24.2 Å². The average molecular weight is 804 g/mol. The second kappa shape index (κ2) is 13.9. The van der Waals surface area contributed by atoms with Gasteiger partial charge in [-0.3, -0.25) is 14.4 Å². The van der Waals surface area contributed by atoms with Crippen molar-refractivity contribution in [2.24, 2.45) is 0 Å². The number of aliphatic carboxylic acids is 1. The second-order valence-corrected chi connectivity index (χ2v) is 18.8. The third kappa shape index (κ3) is 7.76. The molecule has 2 N–H and O–H groups in total. The Balaban J connectivity index is 1.60. The van der Waals surface area contributed by atoms with Gasteiger partial charge in [0.1, 0.15) is 20.2 Å². The van der Waals surface area contributed by atoms with E-state index in [0.29, 0.717) is 42.8 Å². The molecule has 0 aromatic heterocycles. The van der Waals surface area contributed by atoms with Crippen LogP contribution in [0, 0.1) is 0 Å². The van der Waals surface area contributed by atoms with Crippen molar-refractivity contribution < 1.29 is 63.5 Å². The number of fused-ring (bicyclic) bond motifs is 2. The molecule has 2 heterocycles. The number of amides is 1. The molecule has 0 atom stereocenters. The summed E-state index contributed by atoms with van der Waals surface area (Å²) in [6, 6.07) is 7.31. The maximum absolute atomic E-state index is 13.8. The molecule has 3 aliphatic rings. The zero-order valence-electron chi connectivity index (χ0n) is 29.8. The summed E-state index contributed by atoms with van der Waals surface area (Å²) in [7, 11) is -13.7. The maximum Gasteiger partial charge on any atom is 0.303 e. The predicted molar refractivity (Wildman–Crippen MR) is 189 cm³/mol. The number of benzene rings is 2. The summed E-state index contributed by atoms with van der Waals surface area (Å²) in [6.07, 6.45) is 4.80. The molecule has 290 valence electrons. The summed E-state index contributed by atoms with van der Waals surface area (Å²) in [4.78, 5) is 38.4. The number of hydrogen-bond acceptors (Lipinski definition) is 13. The van der Waals surface area contributed by atoms with Crippen LogP contribution in [0.15, 0.2) is 80.9 Å². The third-order valence-electron chi connectivity index (χ3n) is 9.72. The monoisotopic (exact) mass is 803 g/mol. The molecule has 0 bridgehead atoms. The van der Waals surface area contributed by atoms with Gasteiger partial charge in [-0.15, -0.1) is 0 Å². The zero-order chi connectivity index (χ0) is 40.3. The Labute approximate surface area is 312 Å². The zero-order valence-corrected chi connectivity index (χ0v) is 32.3. The van der Waals surface area contributed by atoms with Crippen molar-refractivity contribution in [3.05, 3.63) is 82.3 Å². The minimum absolute atomic E-state index is 0.0366. The molecule has 1 aliphatic carbocycles. The van der Waals surface area contributed by atoms with Crippen LogP contribution >= 0.6 is 0 Å². The summed E-state index contributed by atoms with van der Waals surface area (Å²) in [5.41, 5.74) is -0.661. The van der Waals surface area contributed by atoms with E-state index in [1.807, 2.05) is 4.72 Å². The Hall–Kier alpha value is -4.69. The topological polar surface area (TPSA) is 261 Å². The first-order valence-corrected chi connectivity index (χ1v) is 21.2. The summed E-state index contributed by atoms with van der Waals surface area (Å²) < 4.78 is 98.1. The molecule has 0 radical (unpaired) electrons. The lowest BCUT2D eigenvalue weighted by atomic mass is 9.77. The van der Waals surface area contributed by atoms with Crippen LogP contribution in [0.2, 0.25) is 0 Å². The minimum Gasteiger partial charge on any atom is -0.871 e. The Morgan fingerprint density at radius 3 is 2.02 bits per heavy atom. The number of ketones is 1. The van der Waals surface area contributed by atoms with Crippen LogP contribution in [-0.2, 0) is 55.5 Å². The first kappa shape index (κ1) is 40.5. The number of unbranched alkanes of at least 4 members (excludes halogenated alkanes) is 2. The number of nitrogens with zero attached hydrogens (tertiary/aromatic N) is 2. The van der Waals surface area contributed by atoms with Crippen LogP contribution < -0.4 is 14.7 Å². The number of sulfonamides is 1. The third-order valence-corrected chi connectivity index (χ3v) is 12.0. The van der Waals surface area contributed by atoms with Crippen molar-refractivity contribution >= 4 is 65.0 Å². The van der Waals surface area contributed by atoms with Gasteiger partial charge in [-0.1, -0.05) is 26.0 Å². The molecule has 16 nitrogen and oxygen atoms in total. The summed E-state index contributed by atoms with van der Waals surface area (Å²) >= 11 is 0. The first-order chi connectivity index (χ1) is 24.7. The quantitative estimate of drug-likeness (QED) is 0.126. The molecule has 19 heteroatoms. The van der Waals surface area contributed by atoms with Crippen LogP contribution in [0.4, 0.5) is 11.4 Å². The molecule has 2 aromatic rings. The number of carbonyl (C=O) groups is 3. The van der Waals surface area contributed by atoms with Gasteiger partial charge in [-0.05, 0) is 68.7 Å². The Kier molecular flexibility index (Phi) is 10.4. The minimum atomic E-state index is -4.91. The molecule has 2 aliphatic heterocycles. The van der Waals surface area contributed by atoms with Crippen LogP contribution in [0.5, 0.6) is 0 Å². The van der Waals surface area contributed by atoms with Crippen molar-refractivity contribution in [2.75, 3.05) is 24.2 Å². The number of carbonyl (C=O) groups excluding carboxylic acids is 2. The number of carboxylic acids is 1. The van der Waals surface area contributed by atoms with E-state index >= 15 is 0 Å². The van der Waals surface area contributed by atoms with E-state index < -0.39 is 80.8 Å². The van der Waals surface area contributed by atoms with E-state index in [2.05, 4.69) is 0 Å². The Bertz CT molecular complexity index is 2480. The molecular weight excluding hydrogens is 767 g/mol. The normalized spacial score (nSPS) is 19.3. The van der Waals surface area contributed by atoms with Gasteiger partial charge in [0.2, 0.25) is 22.3 Å². The number of carboxylic acid groups (broad SMARTS) is 1. The van der Waals surface area contributed by atoms with E-state index in [0.717, 1.165) is 18.4 Å². The van der Waals surface area contributed by atoms with Crippen LogP contribution in [-0.4, -0.2) is 86.8 Å². The lowest BCUT2D eigenvalue weighted by Gasteiger charge is -2.33. The first-order valence-electron chi connectivity index (χ1n) is 16.5. The largest absolute Gasteiger partial charge is 0.871 e. The Morgan fingerprint density at radius 1 is 0.870 bits per heavy atom. The summed E-state index contributed by atoms with van der Waals surface area (Å²) in [5, 5.41) is 22.8. The van der Waals surface area contributed by atoms with E-state index in [1.165, 1.54) is 41.0 Å². The number of nitrogens with one attached hydrogen (secondary N) is 1. The van der Waals surface area contributed by atoms with Crippen molar-refractivity contribution in [1.29, 1.82) is 0 Å². The number of rotatable bonds is 13. The molecular formula is C35H37N3O13S3-2. The van der Waals surface area contributed by atoms with E-state index in [4.69, 9.17) is 5.11 Å². The second-order valence-electron chi connectivity index (χ2n) is 14.3. The van der Waals surface area contributed by atoms with E-state index in [-0.39, 0.29) is 34.5 Å². The van der Waals surface area contributed by atoms with Gasteiger partial charge in [-0.25, -0.2) is 30.0 Å². The number of hydrogen-bond donors (Lipinski definition) is 2. The van der Waals surface area contributed by atoms with Gasteiger partial charge in [0.25, 0.3) is 5.91 Å². The van der Waals surface area contributed by atoms with E-state index in [9.17, 15) is 53.8 Å². The average Bonchev–Trinajstić information content (AvgIpc) is 3.37. The molecule has 0 fully saturated rings.